The van der Waals surface area contributed by atoms with Gasteiger partial charge >= 0.3 is 0 Å². The molecule has 0 aromatic rings. The molecule has 0 radical (unpaired) electrons. The lowest BCUT2D eigenvalue weighted by Gasteiger charge is -2.46. The highest BCUT2D eigenvalue weighted by Gasteiger charge is 2.40. The van der Waals surface area contributed by atoms with Gasteiger partial charge in [-0.1, -0.05) is 43.6 Å². The van der Waals surface area contributed by atoms with Crippen LogP contribution in [0.5, 0.6) is 0 Å². The third-order valence-corrected chi connectivity index (χ3v) is 4.91. The van der Waals surface area contributed by atoms with Crippen LogP contribution < -0.4 is 0 Å². The summed E-state index contributed by atoms with van der Waals surface area (Å²) < 4.78 is 0. The molecule has 2 rings (SSSR count). The molecule has 0 N–H and O–H groups in total. The molecule has 0 amide bonds. The summed E-state index contributed by atoms with van der Waals surface area (Å²) in [6.45, 7) is 12.9. The van der Waals surface area contributed by atoms with Gasteiger partial charge in [0.1, 0.15) is 0 Å². The highest BCUT2D eigenvalue weighted by atomic mass is 14.4. The number of hydrogen-bond donors (Lipinski definition) is 0. The third kappa shape index (κ3) is 2.12. The molecule has 0 heterocycles. The summed E-state index contributed by atoms with van der Waals surface area (Å²) in [7, 11) is 0. The lowest BCUT2D eigenvalue weighted by molar-refractivity contribution is 0.0904. The normalized spacial score (nSPS) is 38.9. The topological polar surface area (TPSA) is 0 Å². The van der Waals surface area contributed by atoms with Crippen molar-refractivity contribution in [1.29, 1.82) is 0 Å². The maximum atomic E-state index is 4.26. The van der Waals surface area contributed by atoms with Gasteiger partial charge in [-0.25, -0.2) is 0 Å². The molecule has 90 valence electrons. The highest BCUT2D eigenvalue weighted by Crippen LogP contribution is 2.50. The van der Waals surface area contributed by atoms with Crippen molar-refractivity contribution >= 4 is 0 Å². The molecule has 2 aliphatic carbocycles. The Morgan fingerprint density at radius 2 is 1.56 bits per heavy atom. The van der Waals surface area contributed by atoms with Crippen LogP contribution in [0, 0.1) is 23.7 Å². The van der Waals surface area contributed by atoms with Crippen molar-refractivity contribution < 1.29 is 0 Å². The molecule has 2 fully saturated rings. The Balaban J connectivity index is 2.20. The van der Waals surface area contributed by atoms with E-state index >= 15 is 0 Å². The fraction of sp³-hybridized carbons (Fsp3) is 0.750. The number of allylic oxidation sites excluding steroid dienone is 2. The molecule has 16 heavy (non-hydrogen) atoms. The maximum absolute atomic E-state index is 4.26. The van der Waals surface area contributed by atoms with Crippen LogP contribution in [0.1, 0.15) is 52.4 Å². The van der Waals surface area contributed by atoms with Crippen LogP contribution in [0.15, 0.2) is 24.3 Å². The second kappa shape index (κ2) is 4.77. The molecule has 0 aromatic carbocycles. The summed E-state index contributed by atoms with van der Waals surface area (Å²) in [5.41, 5.74) is 2.79. The molecular formula is C16H26. The predicted octanol–water partition coefficient (Wildman–Crippen LogP) is 4.97. The van der Waals surface area contributed by atoms with Gasteiger partial charge in [-0.2, -0.15) is 0 Å². The molecule has 4 unspecified atom stereocenters. The van der Waals surface area contributed by atoms with E-state index in [0.717, 1.165) is 23.7 Å². The monoisotopic (exact) mass is 218 g/mol. The Labute approximate surface area is 101 Å². The second-order valence-corrected chi connectivity index (χ2v) is 6.11. The standard InChI is InChI=1S/C16H26/c1-11(2)14-10-9-13-7-5-6-8-15(13)16(14)12(3)4/h13-16H,1,3,5-10H2,2,4H3. The first-order chi connectivity index (χ1) is 7.61. The fourth-order valence-corrected chi connectivity index (χ4v) is 4.20. The van der Waals surface area contributed by atoms with Gasteiger partial charge in [-0.15, -0.1) is 0 Å². The lowest BCUT2D eigenvalue weighted by atomic mass is 9.59. The van der Waals surface area contributed by atoms with E-state index in [1.807, 2.05) is 0 Å². The van der Waals surface area contributed by atoms with E-state index in [9.17, 15) is 0 Å². The molecule has 0 saturated heterocycles. The van der Waals surface area contributed by atoms with Gasteiger partial charge in [-0.3, -0.25) is 0 Å². The Morgan fingerprint density at radius 1 is 0.875 bits per heavy atom. The Bertz CT molecular complexity index is 286. The number of fused-ring (bicyclic) bond motifs is 1. The van der Waals surface area contributed by atoms with Crippen LogP contribution in [0.25, 0.3) is 0 Å². The van der Waals surface area contributed by atoms with Gasteiger partial charge in [0.05, 0.1) is 0 Å². The summed E-state index contributed by atoms with van der Waals surface area (Å²) in [5.74, 6) is 3.36. The molecule has 0 spiro atoms. The minimum atomic E-state index is 0.719. The molecule has 0 aliphatic heterocycles. The summed E-state index contributed by atoms with van der Waals surface area (Å²) in [5, 5.41) is 0. The van der Waals surface area contributed by atoms with Gasteiger partial charge in [0.2, 0.25) is 0 Å². The van der Waals surface area contributed by atoms with Gasteiger partial charge in [0.25, 0.3) is 0 Å². The van der Waals surface area contributed by atoms with E-state index in [1.54, 1.807) is 0 Å². The lowest BCUT2D eigenvalue weighted by Crippen LogP contribution is -2.37. The zero-order valence-electron chi connectivity index (χ0n) is 11.0. The maximum Gasteiger partial charge on any atom is -0.0112 e. The van der Waals surface area contributed by atoms with Crippen molar-refractivity contribution in [3.05, 3.63) is 24.3 Å². The molecule has 2 saturated carbocycles. The van der Waals surface area contributed by atoms with Crippen LogP contribution in [-0.2, 0) is 0 Å². The predicted molar refractivity (Wildman–Crippen MR) is 71.3 cm³/mol. The average molecular weight is 218 g/mol. The van der Waals surface area contributed by atoms with Gasteiger partial charge in [0, 0.05) is 0 Å². The van der Waals surface area contributed by atoms with Gasteiger partial charge < -0.3 is 0 Å². The van der Waals surface area contributed by atoms with E-state index < -0.39 is 0 Å². The minimum Gasteiger partial charge on any atom is -0.0998 e. The number of rotatable bonds is 2. The van der Waals surface area contributed by atoms with E-state index in [0.29, 0.717) is 0 Å². The highest BCUT2D eigenvalue weighted by molar-refractivity contribution is 5.13. The van der Waals surface area contributed by atoms with E-state index in [2.05, 4.69) is 27.0 Å². The fourth-order valence-electron chi connectivity index (χ4n) is 4.20. The van der Waals surface area contributed by atoms with Crippen LogP contribution in [0.2, 0.25) is 0 Å². The first-order valence-electron chi connectivity index (χ1n) is 6.92. The second-order valence-electron chi connectivity index (χ2n) is 6.11. The SMILES string of the molecule is C=C(C)C1CCC2CCCCC2C1C(=C)C. The molecule has 0 bridgehead atoms. The summed E-state index contributed by atoms with van der Waals surface area (Å²) in [6.07, 6.45) is 8.60. The van der Waals surface area contributed by atoms with Gasteiger partial charge in [-0.05, 0) is 56.8 Å². The molecule has 4 atom stereocenters. The minimum absolute atomic E-state index is 0.719. The van der Waals surface area contributed by atoms with Crippen LogP contribution >= 0.6 is 0 Å². The zero-order valence-corrected chi connectivity index (χ0v) is 11.0. The van der Waals surface area contributed by atoms with Crippen LogP contribution in [-0.4, -0.2) is 0 Å². The Hall–Kier alpha value is -0.520. The summed E-state index contributed by atoms with van der Waals surface area (Å²) >= 11 is 0. The van der Waals surface area contributed by atoms with Crippen molar-refractivity contribution in [2.45, 2.75) is 52.4 Å². The van der Waals surface area contributed by atoms with E-state index in [-0.39, 0.29) is 0 Å². The van der Waals surface area contributed by atoms with Crippen molar-refractivity contribution in [2.75, 3.05) is 0 Å². The third-order valence-electron chi connectivity index (χ3n) is 4.91. The van der Waals surface area contributed by atoms with E-state index in [1.165, 1.54) is 49.7 Å². The summed E-state index contributed by atoms with van der Waals surface area (Å²) in [6, 6.07) is 0. The number of hydrogen-bond acceptors (Lipinski definition) is 0. The Kier molecular flexibility index (Phi) is 3.56. The van der Waals surface area contributed by atoms with Gasteiger partial charge in [0.15, 0.2) is 0 Å². The van der Waals surface area contributed by atoms with Crippen molar-refractivity contribution in [3.8, 4) is 0 Å². The van der Waals surface area contributed by atoms with Crippen molar-refractivity contribution in [3.63, 3.8) is 0 Å². The molecule has 2 aliphatic rings. The summed E-state index contributed by atoms with van der Waals surface area (Å²) in [4.78, 5) is 0. The van der Waals surface area contributed by atoms with E-state index in [4.69, 9.17) is 0 Å². The quantitative estimate of drug-likeness (QED) is 0.574. The first-order valence-corrected chi connectivity index (χ1v) is 6.92. The first kappa shape index (κ1) is 12.0. The van der Waals surface area contributed by atoms with Crippen molar-refractivity contribution in [1.82, 2.24) is 0 Å². The zero-order chi connectivity index (χ0) is 11.7. The van der Waals surface area contributed by atoms with Crippen LogP contribution in [0.4, 0.5) is 0 Å². The largest absolute Gasteiger partial charge is 0.0998 e. The van der Waals surface area contributed by atoms with Crippen LogP contribution in [0.3, 0.4) is 0 Å². The average Bonchev–Trinajstić information content (AvgIpc) is 2.27. The molecular weight excluding hydrogens is 192 g/mol. The Morgan fingerprint density at radius 3 is 2.19 bits per heavy atom. The molecule has 0 nitrogen and oxygen atoms in total. The smallest absolute Gasteiger partial charge is 0.0112 e. The molecule has 0 aromatic heterocycles. The molecule has 0 heteroatoms. The van der Waals surface area contributed by atoms with Crippen molar-refractivity contribution in [2.24, 2.45) is 23.7 Å².